The lowest BCUT2D eigenvalue weighted by Crippen LogP contribution is -2.03. The van der Waals surface area contributed by atoms with E-state index in [1.54, 1.807) is 0 Å². The average molecular weight is 311 g/mol. The standard InChI is InChI=1S/C12H15BrN4O/c1-4-5-8-10(13)11(14)16-12(15-8)9-6(2)17-18-7(9)3/h4-5H2,1-3H3,(H2,14,15,16). The SMILES string of the molecule is CCCc1nc(-c2c(C)noc2C)nc(N)c1Br. The second-order valence-electron chi connectivity index (χ2n) is 4.14. The molecule has 18 heavy (non-hydrogen) atoms. The number of hydrogen-bond donors (Lipinski definition) is 1. The first kappa shape index (κ1) is 13.0. The van der Waals surface area contributed by atoms with Crippen LogP contribution in [-0.2, 0) is 6.42 Å². The molecule has 0 saturated heterocycles. The van der Waals surface area contributed by atoms with Crippen molar-refractivity contribution in [2.24, 2.45) is 0 Å². The fraction of sp³-hybridized carbons (Fsp3) is 0.417. The zero-order valence-electron chi connectivity index (χ0n) is 10.6. The van der Waals surface area contributed by atoms with Crippen LogP contribution in [0, 0.1) is 13.8 Å². The van der Waals surface area contributed by atoms with Gasteiger partial charge >= 0.3 is 0 Å². The molecular weight excluding hydrogens is 296 g/mol. The Morgan fingerprint density at radius 1 is 1.28 bits per heavy atom. The molecule has 96 valence electrons. The van der Waals surface area contributed by atoms with Crippen molar-refractivity contribution in [3.8, 4) is 11.4 Å². The minimum Gasteiger partial charge on any atom is -0.383 e. The van der Waals surface area contributed by atoms with Crippen molar-refractivity contribution in [2.45, 2.75) is 33.6 Å². The summed E-state index contributed by atoms with van der Waals surface area (Å²) in [6, 6.07) is 0. The van der Waals surface area contributed by atoms with Crippen LogP contribution < -0.4 is 5.73 Å². The van der Waals surface area contributed by atoms with Gasteiger partial charge in [-0.15, -0.1) is 0 Å². The van der Waals surface area contributed by atoms with Crippen LogP contribution in [0.15, 0.2) is 9.00 Å². The van der Waals surface area contributed by atoms with E-state index in [4.69, 9.17) is 10.3 Å². The molecule has 0 saturated carbocycles. The van der Waals surface area contributed by atoms with Gasteiger partial charge in [0.1, 0.15) is 11.6 Å². The van der Waals surface area contributed by atoms with Crippen LogP contribution in [0.3, 0.4) is 0 Å². The van der Waals surface area contributed by atoms with Gasteiger partial charge in [0.25, 0.3) is 0 Å². The molecule has 0 spiro atoms. The van der Waals surface area contributed by atoms with Crippen molar-refractivity contribution in [2.75, 3.05) is 5.73 Å². The van der Waals surface area contributed by atoms with Crippen molar-refractivity contribution < 1.29 is 4.52 Å². The first-order valence-electron chi connectivity index (χ1n) is 5.79. The van der Waals surface area contributed by atoms with Gasteiger partial charge in [-0.3, -0.25) is 0 Å². The van der Waals surface area contributed by atoms with E-state index in [9.17, 15) is 0 Å². The number of aromatic nitrogens is 3. The molecule has 0 aliphatic carbocycles. The molecule has 0 aliphatic heterocycles. The molecule has 2 N–H and O–H groups in total. The molecule has 0 aromatic carbocycles. The van der Waals surface area contributed by atoms with E-state index in [2.05, 4.69) is 38.0 Å². The highest BCUT2D eigenvalue weighted by Crippen LogP contribution is 2.29. The van der Waals surface area contributed by atoms with E-state index in [0.717, 1.165) is 34.3 Å². The van der Waals surface area contributed by atoms with E-state index in [1.807, 2.05) is 13.8 Å². The zero-order valence-corrected chi connectivity index (χ0v) is 12.2. The Bertz CT molecular complexity index is 560. The Kier molecular flexibility index (Phi) is 3.65. The summed E-state index contributed by atoms with van der Waals surface area (Å²) in [5.74, 6) is 1.73. The molecule has 2 aromatic heterocycles. The van der Waals surface area contributed by atoms with Gasteiger partial charge in [-0.2, -0.15) is 0 Å². The van der Waals surface area contributed by atoms with Gasteiger partial charge in [-0.1, -0.05) is 18.5 Å². The highest BCUT2D eigenvalue weighted by molar-refractivity contribution is 9.10. The fourth-order valence-electron chi connectivity index (χ4n) is 1.83. The largest absolute Gasteiger partial charge is 0.383 e. The van der Waals surface area contributed by atoms with Crippen LogP contribution in [0.1, 0.15) is 30.5 Å². The van der Waals surface area contributed by atoms with Gasteiger partial charge in [0.15, 0.2) is 5.82 Å². The third-order valence-electron chi connectivity index (χ3n) is 2.69. The maximum atomic E-state index is 5.91. The van der Waals surface area contributed by atoms with Crippen LogP contribution in [-0.4, -0.2) is 15.1 Å². The van der Waals surface area contributed by atoms with E-state index < -0.39 is 0 Å². The number of halogens is 1. The van der Waals surface area contributed by atoms with Gasteiger partial charge in [-0.25, -0.2) is 9.97 Å². The molecule has 6 heteroatoms. The number of hydrogen-bond acceptors (Lipinski definition) is 5. The average Bonchev–Trinajstić information content (AvgIpc) is 2.65. The van der Waals surface area contributed by atoms with Crippen LogP contribution in [0.4, 0.5) is 5.82 Å². The van der Waals surface area contributed by atoms with Crippen LogP contribution in [0.2, 0.25) is 0 Å². The number of nitrogens with zero attached hydrogens (tertiary/aromatic N) is 3. The summed E-state index contributed by atoms with van der Waals surface area (Å²) < 4.78 is 5.91. The topological polar surface area (TPSA) is 77.8 Å². The zero-order chi connectivity index (χ0) is 13.3. The summed E-state index contributed by atoms with van der Waals surface area (Å²) in [5, 5.41) is 3.91. The first-order valence-corrected chi connectivity index (χ1v) is 6.59. The lowest BCUT2D eigenvalue weighted by atomic mass is 10.1. The van der Waals surface area contributed by atoms with E-state index in [0.29, 0.717) is 17.4 Å². The molecule has 5 nitrogen and oxygen atoms in total. The number of rotatable bonds is 3. The summed E-state index contributed by atoms with van der Waals surface area (Å²) in [5.41, 5.74) is 8.43. The molecular formula is C12H15BrN4O. The van der Waals surface area contributed by atoms with Crippen molar-refractivity contribution in [3.63, 3.8) is 0 Å². The Morgan fingerprint density at radius 2 is 2.00 bits per heavy atom. The molecule has 0 amide bonds. The van der Waals surface area contributed by atoms with Gasteiger partial charge in [-0.05, 0) is 36.2 Å². The summed E-state index contributed by atoms with van der Waals surface area (Å²) in [6.07, 6.45) is 1.85. The maximum Gasteiger partial charge on any atom is 0.167 e. The monoisotopic (exact) mass is 310 g/mol. The maximum absolute atomic E-state index is 5.91. The van der Waals surface area contributed by atoms with Gasteiger partial charge in [0, 0.05) is 0 Å². The van der Waals surface area contributed by atoms with E-state index in [-0.39, 0.29) is 0 Å². The smallest absolute Gasteiger partial charge is 0.167 e. The lowest BCUT2D eigenvalue weighted by Gasteiger charge is -2.07. The van der Waals surface area contributed by atoms with E-state index in [1.165, 1.54) is 0 Å². The Labute approximate surface area is 114 Å². The predicted molar refractivity (Wildman–Crippen MR) is 73.1 cm³/mol. The summed E-state index contributed by atoms with van der Waals surface area (Å²) in [7, 11) is 0. The normalized spacial score (nSPS) is 10.9. The molecule has 0 radical (unpaired) electrons. The van der Waals surface area contributed by atoms with Crippen molar-refractivity contribution in [3.05, 3.63) is 21.6 Å². The van der Waals surface area contributed by atoms with Crippen molar-refractivity contribution >= 4 is 21.7 Å². The molecule has 0 fully saturated rings. The molecule has 2 heterocycles. The lowest BCUT2D eigenvalue weighted by molar-refractivity contribution is 0.393. The van der Waals surface area contributed by atoms with Gasteiger partial charge in [0.05, 0.1) is 21.4 Å². The molecule has 2 rings (SSSR count). The Balaban J connectivity index is 2.59. The number of nitrogens with two attached hydrogens (primary N) is 1. The third kappa shape index (κ3) is 2.25. The predicted octanol–water partition coefficient (Wildman–Crippen LogP) is 3.05. The highest BCUT2D eigenvalue weighted by Gasteiger charge is 2.17. The first-order chi connectivity index (χ1) is 8.54. The minimum absolute atomic E-state index is 0.448. The highest BCUT2D eigenvalue weighted by atomic mass is 79.9. The van der Waals surface area contributed by atoms with Crippen LogP contribution >= 0.6 is 15.9 Å². The molecule has 0 bridgehead atoms. The second kappa shape index (κ2) is 5.06. The summed E-state index contributed by atoms with van der Waals surface area (Å²) in [4.78, 5) is 8.85. The quantitative estimate of drug-likeness (QED) is 0.942. The van der Waals surface area contributed by atoms with E-state index >= 15 is 0 Å². The van der Waals surface area contributed by atoms with Crippen LogP contribution in [0.5, 0.6) is 0 Å². The number of nitrogen functional groups attached to an aromatic ring is 1. The third-order valence-corrected chi connectivity index (χ3v) is 3.55. The molecule has 0 aliphatic rings. The van der Waals surface area contributed by atoms with Crippen molar-refractivity contribution in [1.82, 2.24) is 15.1 Å². The molecule has 0 atom stereocenters. The van der Waals surface area contributed by atoms with Gasteiger partial charge < -0.3 is 10.3 Å². The number of anilines is 1. The Morgan fingerprint density at radius 3 is 2.56 bits per heavy atom. The number of aryl methyl sites for hydroxylation is 3. The fourth-order valence-corrected chi connectivity index (χ4v) is 2.20. The van der Waals surface area contributed by atoms with Gasteiger partial charge in [0.2, 0.25) is 0 Å². The summed E-state index contributed by atoms with van der Waals surface area (Å²) >= 11 is 3.43. The van der Waals surface area contributed by atoms with Crippen molar-refractivity contribution in [1.29, 1.82) is 0 Å². The summed E-state index contributed by atoms with van der Waals surface area (Å²) in [6.45, 7) is 5.81. The second-order valence-corrected chi connectivity index (χ2v) is 4.94. The van der Waals surface area contributed by atoms with Crippen LogP contribution in [0.25, 0.3) is 11.4 Å². The molecule has 2 aromatic rings. The Hall–Kier alpha value is -1.43. The molecule has 0 unspecified atom stereocenters. The minimum atomic E-state index is 0.448.